The molecule has 2 aromatic carbocycles. The lowest BCUT2D eigenvalue weighted by Gasteiger charge is -2.28. The third-order valence-corrected chi connectivity index (χ3v) is 7.65. The van der Waals surface area contributed by atoms with Crippen molar-refractivity contribution >= 4 is 23.2 Å². The van der Waals surface area contributed by atoms with Crippen molar-refractivity contribution in [2.24, 2.45) is 0 Å². The monoisotopic (exact) mass is 550 g/mol. The molecule has 0 saturated carbocycles. The van der Waals surface area contributed by atoms with Crippen LogP contribution in [0, 0.1) is 0 Å². The molecule has 1 aliphatic rings. The fourth-order valence-corrected chi connectivity index (χ4v) is 5.27. The van der Waals surface area contributed by atoms with E-state index in [2.05, 4.69) is 6.92 Å². The molecule has 0 radical (unpaired) electrons. The van der Waals surface area contributed by atoms with Gasteiger partial charge in [0, 0.05) is 30.6 Å². The van der Waals surface area contributed by atoms with E-state index in [9.17, 15) is 9.59 Å². The van der Waals surface area contributed by atoms with Gasteiger partial charge in [-0.25, -0.2) is 0 Å². The van der Waals surface area contributed by atoms with Crippen LogP contribution in [0.25, 0.3) is 0 Å². The zero-order chi connectivity index (χ0) is 27.5. The van der Waals surface area contributed by atoms with E-state index in [1.165, 1.54) is 24.8 Å². The van der Waals surface area contributed by atoms with Gasteiger partial charge in [0.2, 0.25) is 12.7 Å². The number of amides is 2. The number of hydrogen-bond acceptors (Lipinski definition) is 6. The highest BCUT2D eigenvalue weighted by molar-refractivity contribution is 7.09. The third-order valence-electron chi connectivity index (χ3n) is 6.79. The SMILES string of the molecule is CCCCCCc1ccc(C(=O)N(CCOC)CC(=O)N(Cc2ccc3c(c2)OCO3)Cc2cccs2)cc1. The maximum atomic E-state index is 13.7. The van der Waals surface area contributed by atoms with Gasteiger partial charge in [-0.3, -0.25) is 9.59 Å². The van der Waals surface area contributed by atoms with Gasteiger partial charge in [-0.05, 0) is 59.7 Å². The second-order valence-corrected chi connectivity index (χ2v) is 10.8. The van der Waals surface area contributed by atoms with Crippen molar-refractivity contribution in [2.45, 2.75) is 52.1 Å². The van der Waals surface area contributed by atoms with Crippen LogP contribution in [0.2, 0.25) is 0 Å². The molecule has 3 aromatic rings. The Kier molecular flexibility index (Phi) is 10.8. The molecular weight excluding hydrogens is 512 g/mol. The first-order valence-corrected chi connectivity index (χ1v) is 14.5. The Morgan fingerprint density at radius 3 is 2.46 bits per heavy atom. The molecular formula is C31H38N2O5S. The van der Waals surface area contributed by atoms with Crippen LogP contribution in [0.4, 0.5) is 0 Å². The Morgan fingerprint density at radius 1 is 0.923 bits per heavy atom. The lowest BCUT2D eigenvalue weighted by molar-refractivity contribution is -0.133. The fraction of sp³-hybridized carbons (Fsp3) is 0.419. The van der Waals surface area contributed by atoms with Gasteiger partial charge in [-0.15, -0.1) is 11.3 Å². The van der Waals surface area contributed by atoms with Crippen molar-refractivity contribution in [3.63, 3.8) is 0 Å². The number of thiophene rings is 1. The van der Waals surface area contributed by atoms with Gasteiger partial charge in [-0.1, -0.05) is 50.5 Å². The standard InChI is InChI=1S/C31H38N2O5S/c1-3-4-5-6-8-24-10-13-26(14-11-24)31(35)32(16-17-36-2)22-30(34)33(21-27-9-7-18-39-27)20-25-12-15-28-29(19-25)38-23-37-28/h7,9-15,18-19H,3-6,8,16-17,20-23H2,1-2H3. The number of rotatable bonds is 15. The number of carbonyl (C=O) groups is 2. The van der Waals surface area contributed by atoms with Crippen LogP contribution < -0.4 is 9.47 Å². The molecule has 1 aromatic heterocycles. The minimum Gasteiger partial charge on any atom is -0.454 e. The van der Waals surface area contributed by atoms with Crippen LogP contribution >= 0.6 is 11.3 Å². The molecule has 0 atom stereocenters. The zero-order valence-electron chi connectivity index (χ0n) is 22.9. The summed E-state index contributed by atoms with van der Waals surface area (Å²) in [6, 6.07) is 17.5. The van der Waals surface area contributed by atoms with Gasteiger partial charge < -0.3 is 24.0 Å². The topological polar surface area (TPSA) is 68.3 Å². The summed E-state index contributed by atoms with van der Waals surface area (Å²) in [4.78, 5) is 31.6. The highest BCUT2D eigenvalue weighted by Crippen LogP contribution is 2.33. The zero-order valence-corrected chi connectivity index (χ0v) is 23.7. The number of methoxy groups -OCH3 is 1. The number of carbonyl (C=O) groups excluding carboxylic acids is 2. The van der Waals surface area contributed by atoms with Crippen molar-refractivity contribution < 1.29 is 23.8 Å². The number of unbranched alkanes of at least 4 members (excludes halogenated alkanes) is 3. The van der Waals surface area contributed by atoms with E-state index in [1.54, 1.807) is 28.2 Å². The van der Waals surface area contributed by atoms with E-state index < -0.39 is 0 Å². The first-order valence-electron chi connectivity index (χ1n) is 13.6. The Morgan fingerprint density at radius 2 is 1.72 bits per heavy atom. The maximum absolute atomic E-state index is 13.7. The van der Waals surface area contributed by atoms with Crippen LogP contribution in [0.5, 0.6) is 11.5 Å². The molecule has 0 bridgehead atoms. The van der Waals surface area contributed by atoms with E-state index >= 15 is 0 Å². The molecule has 0 spiro atoms. The van der Waals surface area contributed by atoms with Crippen molar-refractivity contribution in [1.29, 1.82) is 0 Å². The molecule has 2 amide bonds. The largest absolute Gasteiger partial charge is 0.454 e. The number of nitrogens with zero attached hydrogens (tertiary/aromatic N) is 2. The number of aryl methyl sites for hydroxylation is 1. The lowest BCUT2D eigenvalue weighted by Crippen LogP contribution is -2.43. The Hall–Kier alpha value is -3.36. The maximum Gasteiger partial charge on any atom is 0.254 e. The summed E-state index contributed by atoms with van der Waals surface area (Å²) in [6.45, 7) is 3.91. The van der Waals surface area contributed by atoms with Crippen LogP contribution in [0.3, 0.4) is 0 Å². The van der Waals surface area contributed by atoms with Crippen LogP contribution in [0.1, 0.15) is 59.0 Å². The van der Waals surface area contributed by atoms with Crippen LogP contribution in [-0.2, 0) is 29.0 Å². The van der Waals surface area contributed by atoms with Crippen molar-refractivity contribution in [2.75, 3.05) is 33.6 Å². The fourth-order valence-electron chi connectivity index (χ4n) is 4.55. The van der Waals surface area contributed by atoms with Gasteiger partial charge in [0.15, 0.2) is 11.5 Å². The summed E-state index contributed by atoms with van der Waals surface area (Å²) in [5, 5.41) is 2.00. The second kappa shape index (κ2) is 14.7. The molecule has 2 heterocycles. The number of ether oxygens (including phenoxy) is 3. The summed E-state index contributed by atoms with van der Waals surface area (Å²) in [7, 11) is 1.60. The minimum absolute atomic E-state index is 0.0309. The third kappa shape index (κ3) is 8.31. The summed E-state index contributed by atoms with van der Waals surface area (Å²) in [5.41, 5.74) is 2.75. The Labute approximate surface area is 235 Å². The van der Waals surface area contributed by atoms with Crippen LogP contribution in [0.15, 0.2) is 60.0 Å². The molecule has 0 saturated heterocycles. The average molecular weight is 551 g/mol. The highest BCUT2D eigenvalue weighted by atomic mass is 32.1. The lowest BCUT2D eigenvalue weighted by atomic mass is 10.0. The second-order valence-electron chi connectivity index (χ2n) is 9.74. The summed E-state index contributed by atoms with van der Waals surface area (Å²) in [6.07, 6.45) is 5.84. The highest BCUT2D eigenvalue weighted by Gasteiger charge is 2.24. The van der Waals surface area contributed by atoms with E-state index in [-0.39, 0.29) is 25.2 Å². The molecule has 0 aliphatic carbocycles. The minimum atomic E-state index is -0.169. The van der Waals surface area contributed by atoms with Crippen molar-refractivity contribution in [1.82, 2.24) is 9.80 Å². The van der Waals surface area contributed by atoms with Crippen molar-refractivity contribution in [3.05, 3.63) is 81.5 Å². The summed E-state index contributed by atoms with van der Waals surface area (Å²) < 4.78 is 16.2. The van der Waals surface area contributed by atoms with Gasteiger partial charge in [0.1, 0.15) is 6.54 Å². The predicted molar refractivity (Wildman–Crippen MR) is 153 cm³/mol. The molecule has 8 heteroatoms. The van der Waals surface area contributed by atoms with Gasteiger partial charge in [-0.2, -0.15) is 0 Å². The molecule has 39 heavy (non-hydrogen) atoms. The molecule has 7 nitrogen and oxygen atoms in total. The molecule has 1 aliphatic heterocycles. The number of hydrogen-bond donors (Lipinski definition) is 0. The Bertz CT molecular complexity index is 1200. The normalized spacial score (nSPS) is 11.9. The van der Waals surface area contributed by atoms with Crippen molar-refractivity contribution in [3.8, 4) is 11.5 Å². The van der Waals surface area contributed by atoms with Crippen LogP contribution in [-0.4, -0.2) is 55.2 Å². The molecule has 0 N–H and O–H groups in total. The van der Waals surface area contributed by atoms with E-state index in [0.29, 0.717) is 43.3 Å². The van der Waals surface area contributed by atoms with Gasteiger partial charge >= 0.3 is 0 Å². The molecule has 4 rings (SSSR count). The van der Waals surface area contributed by atoms with Gasteiger partial charge in [0.25, 0.3) is 5.91 Å². The quantitative estimate of drug-likeness (QED) is 0.220. The average Bonchev–Trinajstić information content (AvgIpc) is 3.65. The van der Waals surface area contributed by atoms with Gasteiger partial charge in [0.05, 0.1) is 13.2 Å². The summed E-state index contributed by atoms with van der Waals surface area (Å²) in [5.74, 6) is 1.09. The number of fused-ring (bicyclic) bond motifs is 1. The Balaban J connectivity index is 1.46. The predicted octanol–water partition coefficient (Wildman–Crippen LogP) is 5.92. The summed E-state index contributed by atoms with van der Waals surface area (Å²) >= 11 is 1.61. The first-order chi connectivity index (χ1) is 19.1. The van der Waals surface area contributed by atoms with E-state index in [4.69, 9.17) is 14.2 Å². The molecule has 0 unspecified atom stereocenters. The smallest absolute Gasteiger partial charge is 0.254 e. The first kappa shape index (κ1) is 28.6. The van der Waals surface area contributed by atoms with E-state index in [1.807, 2.05) is 60.0 Å². The molecule has 208 valence electrons. The molecule has 0 fully saturated rings. The van der Waals surface area contributed by atoms with E-state index in [0.717, 1.165) is 23.3 Å². The number of benzene rings is 2.